The maximum atomic E-state index is 13.8. The number of benzene rings is 2. The van der Waals surface area contributed by atoms with E-state index in [1.54, 1.807) is 12.1 Å². The highest BCUT2D eigenvalue weighted by Crippen LogP contribution is 2.31. The van der Waals surface area contributed by atoms with E-state index in [9.17, 15) is 13.2 Å². The van der Waals surface area contributed by atoms with E-state index < -0.39 is 22.3 Å². The molecule has 0 saturated heterocycles. The molecule has 2 aromatic rings. The van der Waals surface area contributed by atoms with E-state index in [0.29, 0.717) is 10.0 Å². The van der Waals surface area contributed by atoms with Gasteiger partial charge in [0.25, 0.3) is 0 Å². The van der Waals surface area contributed by atoms with Crippen LogP contribution in [0.4, 0.5) is 13.2 Å². The van der Waals surface area contributed by atoms with E-state index in [1.807, 2.05) is 0 Å². The Morgan fingerprint density at radius 2 is 1.58 bits per heavy atom. The fourth-order valence-corrected chi connectivity index (χ4v) is 2.80. The van der Waals surface area contributed by atoms with E-state index in [4.69, 9.17) is 0 Å². The first kappa shape index (κ1) is 14.6. The van der Waals surface area contributed by atoms with Crippen molar-refractivity contribution >= 4 is 31.9 Å². The van der Waals surface area contributed by atoms with Gasteiger partial charge in [-0.25, -0.2) is 13.2 Å². The van der Waals surface area contributed by atoms with Crippen molar-refractivity contribution in [2.75, 3.05) is 0 Å². The number of alkyl halides is 1. The van der Waals surface area contributed by atoms with Crippen molar-refractivity contribution in [3.8, 4) is 0 Å². The van der Waals surface area contributed by atoms with Gasteiger partial charge in [0.2, 0.25) is 0 Å². The molecule has 0 spiro atoms. The molecular formula is C14H9Br2F3. The maximum Gasteiger partial charge on any atom is 0.129 e. The molecule has 100 valence electrons. The molecule has 1 unspecified atom stereocenters. The first-order valence-corrected chi connectivity index (χ1v) is 7.22. The molecule has 2 aromatic carbocycles. The molecular weight excluding hydrogens is 385 g/mol. The lowest BCUT2D eigenvalue weighted by Crippen LogP contribution is -2.03. The summed E-state index contributed by atoms with van der Waals surface area (Å²) >= 11 is 6.44. The lowest BCUT2D eigenvalue weighted by molar-refractivity contribution is 0.550. The third-order valence-electron chi connectivity index (χ3n) is 2.74. The van der Waals surface area contributed by atoms with Crippen molar-refractivity contribution in [2.45, 2.75) is 11.2 Å². The number of halogens is 5. The topological polar surface area (TPSA) is 0 Å². The Kier molecular flexibility index (Phi) is 4.68. The molecule has 0 aliphatic rings. The van der Waals surface area contributed by atoms with Crippen LogP contribution >= 0.6 is 31.9 Å². The van der Waals surface area contributed by atoms with Gasteiger partial charge in [-0.05, 0) is 30.7 Å². The highest BCUT2D eigenvalue weighted by molar-refractivity contribution is 9.10. The van der Waals surface area contributed by atoms with Crippen LogP contribution in [0, 0.1) is 17.5 Å². The smallest absolute Gasteiger partial charge is 0.129 e. The zero-order valence-corrected chi connectivity index (χ0v) is 12.8. The predicted octanol–water partition coefficient (Wildman–Crippen LogP) is 5.55. The highest BCUT2D eigenvalue weighted by Gasteiger charge is 2.18. The summed E-state index contributed by atoms with van der Waals surface area (Å²) in [4.78, 5) is -0.494. The van der Waals surface area contributed by atoms with Crippen molar-refractivity contribution in [1.29, 1.82) is 0 Å². The number of hydrogen-bond acceptors (Lipinski definition) is 0. The Hall–Kier alpha value is -0.810. The average molecular weight is 394 g/mol. The van der Waals surface area contributed by atoms with Crippen molar-refractivity contribution in [1.82, 2.24) is 0 Å². The third kappa shape index (κ3) is 3.39. The van der Waals surface area contributed by atoms with E-state index in [-0.39, 0.29) is 12.0 Å². The molecule has 0 aliphatic heterocycles. The minimum Gasteiger partial charge on any atom is -0.207 e. The Labute approximate surface area is 125 Å². The van der Waals surface area contributed by atoms with Gasteiger partial charge in [-0.3, -0.25) is 0 Å². The molecule has 0 aliphatic carbocycles. The summed E-state index contributed by atoms with van der Waals surface area (Å²) in [5.74, 6) is -1.67. The van der Waals surface area contributed by atoms with Crippen LogP contribution in [-0.2, 0) is 6.42 Å². The fraction of sp³-hybridized carbons (Fsp3) is 0.143. The van der Waals surface area contributed by atoms with Gasteiger partial charge < -0.3 is 0 Å². The summed E-state index contributed by atoms with van der Waals surface area (Å²) in [5, 5.41) is 0. The van der Waals surface area contributed by atoms with Gasteiger partial charge in [0.1, 0.15) is 17.5 Å². The average Bonchev–Trinajstić information content (AvgIpc) is 2.33. The molecule has 0 heterocycles. The normalized spacial score (nSPS) is 12.5. The second kappa shape index (κ2) is 6.09. The van der Waals surface area contributed by atoms with Crippen LogP contribution in [0.5, 0.6) is 0 Å². The second-order valence-corrected chi connectivity index (χ2v) is 6.06. The molecule has 0 aromatic heterocycles. The van der Waals surface area contributed by atoms with E-state index in [0.717, 1.165) is 0 Å². The minimum atomic E-state index is -0.623. The van der Waals surface area contributed by atoms with Crippen LogP contribution in [0.2, 0.25) is 0 Å². The van der Waals surface area contributed by atoms with E-state index >= 15 is 0 Å². The quantitative estimate of drug-likeness (QED) is 0.600. The molecule has 2 rings (SSSR count). The molecule has 0 radical (unpaired) electrons. The molecule has 19 heavy (non-hydrogen) atoms. The van der Waals surface area contributed by atoms with Crippen LogP contribution in [0.15, 0.2) is 40.9 Å². The summed E-state index contributed by atoms with van der Waals surface area (Å²) in [5.41, 5.74) is 0.317. The molecule has 0 nitrogen and oxygen atoms in total. The molecule has 0 bridgehead atoms. The van der Waals surface area contributed by atoms with Gasteiger partial charge in [0.15, 0.2) is 0 Å². The highest BCUT2D eigenvalue weighted by atomic mass is 79.9. The molecule has 0 fully saturated rings. The molecule has 0 saturated carbocycles. The first-order valence-electron chi connectivity index (χ1n) is 5.51. The van der Waals surface area contributed by atoms with Crippen LogP contribution in [-0.4, -0.2) is 0 Å². The van der Waals surface area contributed by atoms with E-state index in [1.165, 1.54) is 24.3 Å². The largest absolute Gasteiger partial charge is 0.207 e. The standard InChI is InChI=1S/C14H9Br2F3/c15-8-4-5-9(14(19)6-8)11(16)7-10-12(17)2-1-3-13(10)18/h1-6,11H,7H2. The zero-order valence-electron chi connectivity index (χ0n) is 9.64. The van der Waals surface area contributed by atoms with Gasteiger partial charge in [0.05, 0.1) is 0 Å². The van der Waals surface area contributed by atoms with Gasteiger partial charge in [-0.2, -0.15) is 0 Å². The second-order valence-electron chi connectivity index (χ2n) is 4.04. The molecule has 5 heteroatoms. The Morgan fingerprint density at radius 3 is 2.16 bits per heavy atom. The Bertz CT molecular complexity index is 579. The maximum absolute atomic E-state index is 13.8. The summed E-state index contributed by atoms with van der Waals surface area (Å²) in [7, 11) is 0. The third-order valence-corrected chi connectivity index (χ3v) is 4.06. The van der Waals surface area contributed by atoms with Crippen LogP contribution in [0.25, 0.3) is 0 Å². The summed E-state index contributed by atoms with van der Waals surface area (Å²) < 4.78 is 41.4. The molecule has 0 amide bonds. The predicted molar refractivity (Wildman–Crippen MR) is 75.8 cm³/mol. The summed E-state index contributed by atoms with van der Waals surface area (Å²) in [6.07, 6.45) is 0.0387. The molecule has 1 atom stereocenters. The lowest BCUT2D eigenvalue weighted by atomic mass is 10.0. The Balaban J connectivity index is 2.28. The Morgan fingerprint density at radius 1 is 0.947 bits per heavy atom. The van der Waals surface area contributed by atoms with Crippen LogP contribution < -0.4 is 0 Å². The number of hydrogen-bond donors (Lipinski definition) is 0. The fourth-order valence-electron chi connectivity index (χ4n) is 1.77. The first-order chi connectivity index (χ1) is 8.99. The summed E-state index contributed by atoms with van der Waals surface area (Å²) in [6.45, 7) is 0. The van der Waals surface area contributed by atoms with Gasteiger partial charge in [0, 0.05) is 20.4 Å². The minimum absolute atomic E-state index is 0.0387. The van der Waals surface area contributed by atoms with Crippen molar-refractivity contribution in [3.63, 3.8) is 0 Å². The van der Waals surface area contributed by atoms with Gasteiger partial charge >= 0.3 is 0 Å². The zero-order chi connectivity index (χ0) is 14.0. The van der Waals surface area contributed by atoms with Crippen LogP contribution in [0.1, 0.15) is 16.0 Å². The SMILES string of the molecule is Fc1cc(Br)ccc1C(Br)Cc1c(F)cccc1F. The summed E-state index contributed by atoms with van der Waals surface area (Å²) in [6, 6.07) is 8.27. The van der Waals surface area contributed by atoms with Crippen molar-refractivity contribution < 1.29 is 13.2 Å². The van der Waals surface area contributed by atoms with Gasteiger partial charge in [-0.15, -0.1) is 0 Å². The number of rotatable bonds is 3. The molecule has 0 N–H and O–H groups in total. The van der Waals surface area contributed by atoms with Crippen molar-refractivity contribution in [3.05, 3.63) is 69.4 Å². The monoisotopic (exact) mass is 392 g/mol. The van der Waals surface area contributed by atoms with Crippen LogP contribution in [0.3, 0.4) is 0 Å². The lowest BCUT2D eigenvalue weighted by Gasteiger charge is -2.13. The van der Waals surface area contributed by atoms with E-state index in [2.05, 4.69) is 31.9 Å². The van der Waals surface area contributed by atoms with Gasteiger partial charge in [-0.1, -0.05) is 44.0 Å². The van der Waals surface area contributed by atoms with Crippen molar-refractivity contribution in [2.24, 2.45) is 0 Å².